The standard InChI is InChI=1S/C12H22N2O/c13-11-8-14(9-11)12(15)10-6-4-2-1-3-5-7-10/h10-11H,1-9,13H2. The summed E-state index contributed by atoms with van der Waals surface area (Å²) in [5, 5.41) is 0. The van der Waals surface area contributed by atoms with Crippen LogP contribution < -0.4 is 5.73 Å². The van der Waals surface area contributed by atoms with Gasteiger partial charge in [-0.1, -0.05) is 32.1 Å². The molecule has 2 rings (SSSR count). The molecule has 0 atom stereocenters. The van der Waals surface area contributed by atoms with Gasteiger partial charge in [0, 0.05) is 25.0 Å². The summed E-state index contributed by atoms with van der Waals surface area (Å²) in [7, 11) is 0. The Morgan fingerprint density at radius 2 is 1.53 bits per heavy atom. The lowest BCUT2D eigenvalue weighted by molar-refractivity contribution is -0.140. The molecule has 3 heteroatoms. The fourth-order valence-electron chi connectivity index (χ4n) is 2.65. The average Bonchev–Trinajstić information content (AvgIpc) is 2.11. The van der Waals surface area contributed by atoms with Crippen molar-refractivity contribution < 1.29 is 4.79 Å². The number of likely N-dealkylation sites (tertiary alicyclic amines) is 1. The number of amides is 1. The number of carbonyl (C=O) groups is 1. The molecule has 2 fully saturated rings. The van der Waals surface area contributed by atoms with Gasteiger partial charge in [0.15, 0.2) is 0 Å². The van der Waals surface area contributed by atoms with Crippen LogP contribution in [0, 0.1) is 5.92 Å². The first-order valence-corrected chi connectivity index (χ1v) is 6.32. The number of nitrogens with two attached hydrogens (primary N) is 1. The van der Waals surface area contributed by atoms with E-state index in [1.165, 1.54) is 32.1 Å². The van der Waals surface area contributed by atoms with Crippen molar-refractivity contribution in [3.63, 3.8) is 0 Å². The molecule has 0 bridgehead atoms. The Morgan fingerprint density at radius 1 is 1.00 bits per heavy atom. The molecule has 1 saturated carbocycles. The molecule has 0 spiro atoms. The van der Waals surface area contributed by atoms with Gasteiger partial charge in [-0.25, -0.2) is 0 Å². The molecule has 15 heavy (non-hydrogen) atoms. The van der Waals surface area contributed by atoms with Crippen LogP contribution in [-0.4, -0.2) is 29.9 Å². The van der Waals surface area contributed by atoms with Crippen molar-refractivity contribution in [1.29, 1.82) is 0 Å². The second kappa shape index (κ2) is 4.97. The Balaban J connectivity index is 1.82. The molecule has 0 aromatic heterocycles. The van der Waals surface area contributed by atoms with Gasteiger partial charge < -0.3 is 10.6 Å². The fraction of sp³-hybridized carbons (Fsp3) is 0.917. The maximum absolute atomic E-state index is 12.1. The molecule has 86 valence electrons. The lowest BCUT2D eigenvalue weighted by Crippen LogP contribution is -2.59. The summed E-state index contributed by atoms with van der Waals surface area (Å²) in [4.78, 5) is 14.0. The predicted octanol–water partition coefficient (Wildman–Crippen LogP) is 1.52. The fourth-order valence-corrected chi connectivity index (χ4v) is 2.65. The molecular formula is C12H22N2O. The summed E-state index contributed by atoms with van der Waals surface area (Å²) in [6.45, 7) is 1.57. The van der Waals surface area contributed by atoms with E-state index in [-0.39, 0.29) is 6.04 Å². The van der Waals surface area contributed by atoms with Crippen LogP contribution in [0.2, 0.25) is 0 Å². The highest BCUT2D eigenvalue weighted by Gasteiger charge is 2.32. The first-order chi connectivity index (χ1) is 7.27. The number of hydrogen-bond acceptors (Lipinski definition) is 2. The van der Waals surface area contributed by atoms with Crippen molar-refractivity contribution in [3.05, 3.63) is 0 Å². The van der Waals surface area contributed by atoms with Crippen LogP contribution in [0.4, 0.5) is 0 Å². The Labute approximate surface area is 92.0 Å². The van der Waals surface area contributed by atoms with Crippen molar-refractivity contribution in [3.8, 4) is 0 Å². The number of hydrogen-bond donors (Lipinski definition) is 1. The molecule has 2 aliphatic rings. The molecule has 0 aromatic rings. The third kappa shape index (κ3) is 2.71. The summed E-state index contributed by atoms with van der Waals surface area (Å²) in [5.74, 6) is 0.677. The van der Waals surface area contributed by atoms with E-state index in [0.29, 0.717) is 11.8 Å². The second-order valence-corrected chi connectivity index (χ2v) is 5.05. The zero-order valence-corrected chi connectivity index (χ0v) is 9.45. The summed E-state index contributed by atoms with van der Waals surface area (Å²) < 4.78 is 0. The second-order valence-electron chi connectivity index (χ2n) is 5.05. The van der Waals surface area contributed by atoms with Crippen molar-refractivity contribution in [1.82, 2.24) is 4.90 Å². The van der Waals surface area contributed by atoms with Gasteiger partial charge in [0.25, 0.3) is 0 Å². The van der Waals surface area contributed by atoms with Gasteiger partial charge >= 0.3 is 0 Å². The van der Waals surface area contributed by atoms with E-state index in [1.54, 1.807) is 0 Å². The highest BCUT2D eigenvalue weighted by molar-refractivity contribution is 5.79. The van der Waals surface area contributed by atoms with Crippen molar-refractivity contribution in [2.24, 2.45) is 11.7 Å². The Hall–Kier alpha value is -0.570. The van der Waals surface area contributed by atoms with Gasteiger partial charge in [-0.15, -0.1) is 0 Å². The molecule has 0 unspecified atom stereocenters. The van der Waals surface area contributed by atoms with E-state index >= 15 is 0 Å². The monoisotopic (exact) mass is 210 g/mol. The minimum atomic E-state index is 0.238. The van der Waals surface area contributed by atoms with Gasteiger partial charge in [-0.05, 0) is 12.8 Å². The minimum Gasteiger partial charge on any atom is -0.339 e. The summed E-state index contributed by atoms with van der Waals surface area (Å²) >= 11 is 0. The minimum absolute atomic E-state index is 0.238. The van der Waals surface area contributed by atoms with Crippen LogP contribution in [-0.2, 0) is 4.79 Å². The van der Waals surface area contributed by atoms with Crippen LogP contribution in [0.25, 0.3) is 0 Å². The van der Waals surface area contributed by atoms with E-state index in [4.69, 9.17) is 5.73 Å². The largest absolute Gasteiger partial charge is 0.339 e. The third-order valence-electron chi connectivity index (χ3n) is 3.68. The molecule has 1 heterocycles. The van der Waals surface area contributed by atoms with Crippen molar-refractivity contribution in [2.45, 2.75) is 51.0 Å². The molecule has 1 saturated heterocycles. The summed E-state index contributed by atoms with van der Waals surface area (Å²) in [5.41, 5.74) is 5.70. The first kappa shape index (κ1) is 10.9. The molecule has 1 amide bonds. The van der Waals surface area contributed by atoms with Gasteiger partial charge in [0.05, 0.1) is 0 Å². The number of nitrogens with zero attached hydrogens (tertiary/aromatic N) is 1. The van der Waals surface area contributed by atoms with Gasteiger partial charge in [0.1, 0.15) is 0 Å². The third-order valence-corrected chi connectivity index (χ3v) is 3.68. The number of carbonyl (C=O) groups excluding carboxylic acids is 1. The Bertz CT molecular complexity index is 216. The lowest BCUT2D eigenvalue weighted by atomic mass is 9.89. The summed E-state index contributed by atoms with van der Waals surface area (Å²) in [6.07, 6.45) is 8.64. The van der Waals surface area contributed by atoms with E-state index in [0.717, 1.165) is 25.9 Å². The van der Waals surface area contributed by atoms with Crippen LogP contribution in [0.1, 0.15) is 44.9 Å². The van der Waals surface area contributed by atoms with Gasteiger partial charge in [-0.2, -0.15) is 0 Å². The predicted molar refractivity (Wildman–Crippen MR) is 60.4 cm³/mol. The molecule has 1 aliphatic carbocycles. The van der Waals surface area contributed by atoms with Crippen molar-refractivity contribution in [2.75, 3.05) is 13.1 Å². The average molecular weight is 210 g/mol. The molecule has 0 radical (unpaired) electrons. The van der Waals surface area contributed by atoms with Crippen LogP contribution in [0.5, 0.6) is 0 Å². The Morgan fingerprint density at radius 3 is 2.07 bits per heavy atom. The van der Waals surface area contributed by atoms with Crippen LogP contribution >= 0.6 is 0 Å². The highest BCUT2D eigenvalue weighted by atomic mass is 16.2. The van der Waals surface area contributed by atoms with E-state index < -0.39 is 0 Å². The number of rotatable bonds is 1. The zero-order chi connectivity index (χ0) is 10.7. The van der Waals surface area contributed by atoms with Crippen molar-refractivity contribution >= 4 is 5.91 Å². The zero-order valence-electron chi connectivity index (χ0n) is 9.45. The molecule has 2 N–H and O–H groups in total. The highest BCUT2D eigenvalue weighted by Crippen LogP contribution is 2.25. The van der Waals surface area contributed by atoms with Crippen LogP contribution in [0.15, 0.2) is 0 Å². The topological polar surface area (TPSA) is 46.3 Å². The quantitative estimate of drug-likeness (QED) is 0.713. The molecule has 1 aliphatic heterocycles. The van der Waals surface area contributed by atoms with Crippen LogP contribution in [0.3, 0.4) is 0 Å². The van der Waals surface area contributed by atoms with E-state index in [9.17, 15) is 4.79 Å². The normalized spacial score (nSPS) is 25.5. The maximum atomic E-state index is 12.1. The smallest absolute Gasteiger partial charge is 0.225 e. The van der Waals surface area contributed by atoms with E-state index in [2.05, 4.69) is 0 Å². The Kier molecular flexibility index (Phi) is 3.62. The molecular weight excluding hydrogens is 188 g/mol. The summed E-state index contributed by atoms with van der Waals surface area (Å²) in [6, 6.07) is 0.238. The molecule has 0 aromatic carbocycles. The lowest BCUT2D eigenvalue weighted by Gasteiger charge is -2.39. The first-order valence-electron chi connectivity index (χ1n) is 6.32. The maximum Gasteiger partial charge on any atom is 0.225 e. The van der Waals surface area contributed by atoms with Gasteiger partial charge in [-0.3, -0.25) is 4.79 Å². The van der Waals surface area contributed by atoms with E-state index in [1.807, 2.05) is 4.90 Å². The van der Waals surface area contributed by atoms with Gasteiger partial charge in [0.2, 0.25) is 5.91 Å². The SMILES string of the molecule is NC1CN(C(=O)C2CCCCCCC2)C1. The molecule has 3 nitrogen and oxygen atoms in total.